The molecule has 4 fully saturated rings. The molecule has 3 saturated heterocycles. The van der Waals surface area contributed by atoms with Gasteiger partial charge in [0, 0.05) is 12.5 Å². The van der Waals surface area contributed by atoms with Crippen molar-refractivity contribution in [2.45, 2.75) is 38.3 Å². The van der Waals surface area contributed by atoms with Gasteiger partial charge in [0.15, 0.2) is 11.7 Å². The molecule has 1 N–H and O–H groups in total. The van der Waals surface area contributed by atoms with Gasteiger partial charge >= 0.3 is 6.18 Å². The minimum atomic E-state index is -4.37. The molecule has 1 unspecified atom stereocenters. The molecule has 8 heteroatoms. The van der Waals surface area contributed by atoms with E-state index in [1.807, 2.05) is 0 Å². The van der Waals surface area contributed by atoms with E-state index in [-0.39, 0.29) is 0 Å². The van der Waals surface area contributed by atoms with E-state index < -0.39 is 11.7 Å². The summed E-state index contributed by atoms with van der Waals surface area (Å²) in [5, 5.41) is 3.33. The van der Waals surface area contributed by atoms with Crippen LogP contribution in [-0.2, 0) is 10.9 Å². The van der Waals surface area contributed by atoms with Gasteiger partial charge in [-0.25, -0.2) is 4.98 Å². The number of rotatable bonds is 6. The molecule has 4 heterocycles. The molecule has 1 saturated carbocycles. The molecule has 1 aromatic carbocycles. The number of nitrogens with zero attached hydrogens (tertiary/aromatic N) is 2. The first-order chi connectivity index (χ1) is 15.0. The zero-order chi connectivity index (χ0) is 21.4. The molecule has 1 aliphatic carbocycles. The standard InChI is InChI=1S/C23H26F3N3OS/c24-23(25,26)19-6-2-5-17(11-19)20-21(27-14-31-20)28-22(16-3-1-4-16)30-13-18-12-29-9-7-15(18)8-10-29/h2,5-6,11,14-15,18,28H,1,3-4,7-10,12-13H2. The summed E-state index contributed by atoms with van der Waals surface area (Å²) in [6.07, 6.45) is 1.25. The van der Waals surface area contributed by atoms with Gasteiger partial charge < -0.3 is 15.0 Å². The van der Waals surface area contributed by atoms with Crippen molar-refractivity contribution in [3.8, 4) is 10.4 Å². The smallest absolute Gasteiger partial charge is 0.416 e. The number of aromatic nitrogens is 1. The van der Waals surface area contributed by atoms with Crippen LogP contribution in [0.5, 0.6) is 0 Å². The van der Waals surface area contributed by atoms with Gasteiger partial charge in [0.05, 0.1) is 22.6 Å². The topological polar surface area (TPSA) is 37.4 Å². The predicted molar refractivity (Wildman–Crippen MR) is 116 cm³/mol. The molecule has 2 aromatic rings. The summed E-state index contributed by atoms with van der Waals surface area (Å²) in [4.78, 5) is 7.61. The molecular formula is C23H26F3N3OS. The van der Waals surface area contributed by atoms with E-state index in [4.69, 9.17) is 4.74 Å². The molecule has 1 atom stereocenters. The van der Waals surface area contributed by atoms with Gasteiger partial charge in [-0.05, 0) is 74.4 Å². The van der Waals surface area contributed by atoms with Crippen molar-refractivity contribution in [2.75, 3.05) is 31.6 Å². The van der Waals surface area contributed by atoms with Crippen LogP contribution in [0.4, 0.5) is 19.0 Å². The van der Waals surface area contributed by atoms with Crippen molar-refractivity contribution < 1.29 is 17.9 Å². The number of hydrogen-bond donors (Lipinski definition) is 1. The van der Waals surface area contributed by atoms with Crippen LogP contribution in [0.15, 0.2) is 41.2 Å². The fourth-order valence-electron chi connectivity index (χ4n) is 4.76. The van der Waals surface area contributed by atoms with Crippen LogP contribution in [0, 0.1) is 11.8 Å². The lowest BCUT2D eigenvalue weighted by molar-refractivity contribution is -0.137. The SMILES string of the molecule is FC(F)(F)c1cccc(-c2scnc2NC(OCC2CN3CCC2CC3)=C2CCC2)c1. The van der Waals surface area contributed by atoms with E-state index >= 15 is 0 Å². The van der Waals surface area contributed by atoms with E-state index in [0.29, 0.717) is 28.8 Å². The van der Waals surface area contributed by atoms with Gasteiger partial charge in [0.2, 0.25) is 0 Å². The third kappa shape index (κ3) is 4.46. The second-order valence-electron chi connectivity index (χ2n) is 8.73. The molecule has 2 bridgehead atoms. The van der Waals surface area contributed by atoms with Crippen LogP contribution < -0.4 is 5.32 Å². The normalized spacial score (nSPS) is 25.3. The van der Waals surface area contributed by atoms with Crippen LogP contribution in [0.25, 0.3) is 10.4 Å². The molecule has 4 nitrogen and oxygen atoms in total. The number of anilines is 1. The average Bonchev–Trinajstić information content (AvgIpc) is 3.19. The Hall–Kier alpha value is -2.06. The molecule has 0 amide bonds. The van der Waals surface area contributed by atoms with Gasteiger partial charge in [0.1, 0.15) is 0 Å². The number of halogens is 3. The van der Waals surface area contributed by atoms with Gasteiger partial charge in [-0.3, -0.25) is 0 Å². The van der Waals surface area contributed by atoms with Gasteiger partial charge in [-0.15, -0.1) is 11.3 Å². The molecule has 3 aliphatic heterocycles. The van der Waals surface area contributed by atoms with Crippen LogP contribution in [0.1, 0.15) is 37.7 Å². The highest BCUT2D eigenvalue weighted by atomic mass is 32.1. The summed E-state index contributed by atoms with van der Waals surface area (Å²) in [5.74, 6) is 2.59. The maximum absolute atomic E-state index is 13.2. The molecule has 0 spiro atoms. The van der Waals surface area contributed by atoms with Crippen molar-refractivity contribution in [3.63, 3.8) is 0 Å². The first-order valence-corrected chi connectivity index (χ1v) is 11.8. The number of alkyl halides is 3. The van der Waals surface area contributed by atoms with Crippen molar-refractivity contribution >= 4 is 17.2 Å². The van der Waals surface area contributed by atoms with Crippen molar-refractivity contribution in [1.82, 2.24) is 9.88 Å². The van der Waals surface area contributed by atoms with E-state index in [9.17, 15) is 13.2 Å². The number of hydrogen-bond acceptors (Lipinski definition) is 5. The lowest BCUT2D eigenvalue weighted by atomic mass is 9.79. The first kappa shape index (κ1) is 20.8. The van der Waals surface area contributed by atoms with Gasteiger partial charge in [-0.2, -0.15) is 13.2 Å². The third-order valence-electron chi connectivity index (χ3n) is 6.76. The van der Waals surface area contributed by atoms with Crippen LogP contribution >= 0.6 is 11.3 Å². The van der Waals surface area contributed by atoms with E-state index in [1.165, 1.54) is 55.0 Å². The molecule has 31 heavy (non-hydrogen) atoms. The van der Waals surface area contributed by atoms with Gasteiger partial charge in [0.25, 0.3) is 0 Å². The van der Waals surface area contributed by atoms with Crippen LogP contribution in [-0.4, -0.2) is 36.1 Å². The highest BCUT2D eigenvalue weighted by molar-refractivity contribution is 7.13. The summed E-state index contributed by atoms with van der Waals surface area (Å²) < 4.78 is 45.8. The van der Waals surface area contributed by atoms with Crippen molar-refractivity contribution in [1.29, 1.82) is 0 Å². The Bertz CT molecular complexity index is 957. The first-order valence-electron chi connectivity index (χ1n) is 10.9. The largest absolute Gasteiger partial charge is 0.479 e. The summed E-state index contributed by atoms with van der Waals surface area (Å²) >= 11 is 1.33. The fraction of sp³-hybridized carbons (Fsp3) is 0.522. The van der Waals surface area contributed by atoms with Crippen LogP contribution in [0.2, 0.25) is 0 Å². The lowest BCUT2D eigenvalue weighted by Crippen LogP contribution is -2.48. The van der Waals surface area contributed by atoms with Crippen LogP contribution in [0.3, 0.4) is 0 Å². The Balaban J connectivity index is 1.33. The quantitative estimate of drug-likeness (QED) is 0.550. The summed E-state index contributed by atoms with van der Waals surface area (Å²) in [5.41, 5.74) is 2.76. The minimum Gasteiger partial charge on any atom is -0.479 e. The average molecular weight is 450 g/mol. The number of fused-ring (bicyclic) bond motifs is 3. The molecule has 0 radical (unpaired) electrons. The summed E-state index contributed by atoms with van der Waals surface area (Å²) in [6.45, 7) is 4.18. The Morgan fingerprint density at radius 3 is 2.68 bits per heavy atom. The Morgan fingerprint density at radius 2 is 2.03 bits per heavy atom. The number of allylic oxidation sites excluding steroid dienone is 1. The zero-order valence-electron chi connectivity index (χ0n) is 17.3. The maximum Gasteiger partial charge on any atom is 0.416 e. The maximum atomic E-state index is 13.2. The predicted octanol–water partition coefficient (Wildman–Crippen LogP) is 5.99. The number of ether oxygens (including phenoxy) is 1. The number of thiazole rings is 1. The van der Waals surface area contributed by atoms with Crippen molar-refractivity contribution in [3.05, 3.63) is 46.8 Å². The number of benzene rings is 1. The molecule has 166 valence electrons. The summed E-state index contributed by atoms with van der Waals surface area (Å²) in [7, 11) is 0. The molecule has 1 aromatic heterocycles. The van der Waals surface area contributed by atoms with E-state index in [2.05, 4.69) is 15.2 Å². The zero-order valence-corrected chi connectivity index (χ0v) is 18.1. The van der Waals surface area contributed by atoms with Crippen molar-refractivity contribution in [2.24, 2.45) is 11.8 Å². The van der Waals surface area contributed by atoms with E-state index in [1.54, 1.807) is 11.6 Å². The molecule has 6 rings (SSSR count). The summed E-state index contributed by atoms with van der Waals surface area (Å²) in [6, 6.07) is 5.41. The lowest BCUT2D eigenvalue weighted by Gasteiger charge is -2.44. The highest BCUT2D eigenvalue weighted by Gasteiger charge is 2.35. The number of nitrogens with one attached hydrogen (secondary N) is 1. The second kappa shape index (κ2) is 8.47. The minimum absolute atomic E-state index is 0.509. The third-order valence-corrected chi connectivity index (χ3v) is 7.64. The number of piperidine rings is 3. The van der Waals surface area contributed by atoms with E-state index in [0.717, 1.165) is 43.7 Å². The second-order valence-corrected chi connectivity index (χ2v) is 9.58. The Morgan fingerprint density at radius 1 is 1.23 bits per heavy atom. The Labute approximate surface area is 184 Å². The fourth-order valence-corrected chi connectivity index (χ4v) is 5.50. The Kier molecular flexibility index (Phi) is 5.69. The molecule has 4 aliphatic rings. The monoisotopic (exact) mass is 449 g/mol. The molecular weight excluding hydrogens is 423 g/mol. The highest BCUT2D eigenvalue weighted by Crippen LogP contribution is 2.39. The van der Waals surface area contributed by atoms with Gasteiger partial charge in [-0.1, -0.05) is 12.1 Å².